The van der Waals surface area contributed by atoms with Gasteiger partial charge in [-0.25, -0.2) is 4.98 Å². The summed E-state index contributed by atoms with van der Waals surface area (Å²) in [5, 5.41) is 8.67. The largest absolute Gasteiger partial charge is 0.361 e. The molecule has 0 saturated carbocycles. The predicted octanol–water partition coefficient (Wildman–Crippen LogP) is 2.75. The molecule has 0 saturated heterocycles. The lowest BCUT2D eigenvalue weighted by atomic mass is 10.3. The Balaban J connectivity index is 1.76. The first-order valence-electron chi connectivity index (χ1n) is 5.84. The molecule has 0 spiro atoms. The second-order valence-electron chi connectivity index (χ2n) is 4.03. The number of hydrogen-bond acceptors (Lipinski definition) is 6. The molecule has 3 rings (SSSR count). The Morgan fingerprint density at radius 2 is 2.25 bits per heavy atom. The normalized spacial score (nSPS) is 10.4. The van der Waals surface area contributed by atoms with Crippen LogP contribution in [0.2, 0.25) is 0 Å². The fourth-order valence-electron chi connectivity index (χ4n) is 1.60. The summed E-state index contributed by atoms with van der Waals surface area (Å²) in [5.74, 6) is 0.243. The van der Waals surface area contributed by atoms with E-state index in [1.165, 1.54) is 11.3 Å². The maximum atomic E-state index is 11.9. The van der Waals surface area contributed by atoms with Crippen molar-refractivity contribution in [2.75, 3.05) is 5.32 Å². The molecular formula is C13H10N4O2S. The summed E-state index contributed by atoms with van der Waals surface area (Å²) >= 11 is 1.33. The number of anilines is 1. The molecule has 0 radical (unpaired) electrons. The molecule has 1 amide bonds. The van der Waals surface area contributed by atoms with Gasteiger partial charge in [-0.3, -0.25) is 15.1 Å². The van der Waals surface area contributed by atoms with E-state index >= 15 is 0 Å². The third-order valence-corrected chi connectivity index (χ3v) is 3.27. The first-order valence-corrected chi connectivity index (χ1v) is 6.72. The lowest BCUT2D eigenvalue weighted by molar-refractivity contribution is 0.101. The average Bonchev–Trinajstić information content (AvgIpc) is 3.09. The molecule has 6 nitrogen and oxygen atoms in total. The maximum Gasteiger partial charge on any atom is 0.279 e. The van der Waals surface area contributed by atoms with Gasteiger partial charge in [0, 0.05) is 17.6 Å². The zero-order chi connectivity index (χ0) is 13.9. The number of hydrogen-bond donors (Lipinski definition) is 1. The number of thiazole rings is 1. The van der Waals surface area contributed by atoms with Crippen molar-refractivity contribution in [3.63, 3.8) is 0 Å². The number of nitrogens with one attached hydrogen (secondary N) is 1. The van der Waals surface area contributed by atoms with Crippen LogP contribution in [-0.2, 0) is 0 Å². The Kier molecular flexibility index (Phi) is 3.26. The van der Waals surface area contributed by atoms with E-state index in [4.69, 9.17) is 4.52 Å². The molecule has 20 heavy (non-hydrogen) atoms. The van der Waals surface area contributed by atoms with E-state index in [2.05, 4.69) is 20.4 Å². The number of carbonyl (C=O) groups is 1. The van der Waals surface area contributed by atoms with Gasteiger partial charge >= 0.3 is 0 Å². The Bertz CT molecular complexity index is 736. The lowest BCUT2D eigenvalue weighted by Gasteiger charge is -1.96. The molecule has 0 aliphatic rings. The van der Waals surface area contributed by atoms with Crippen LogP contribution in [0.15, 0.2) is 40.4 Å². The van der Waals surface area contributed by atoms with Gasteiger partial charge in [0.15, 0.2) is 10.8 Å². The Morgan fingerprint density at radius 1 is 1.35 bits per heavy atom. The first kappa shape index (κ1) is 12.5. The minimum atomic E-state index is -0.344. The van der Waals surface area contributed by atoms with Crippen molar-refractivity contribution < 1.29 is 9.32 Å². The molecule has 0 unspecified atom stereocenters. The number of pyridine rings is 1. The fourth-order valence-corrected chi connectivity index (χ4v) is 2.30. The van der Waals surface area contributed by atoms with Crippen LogP contribution in [0.3, 0.4) is 0 Å². The van der Waals surface area contributed by atoms with E-state index in [1.54, 1.807) is 19.2 Å². The summed E-state index contributed by atoms with van der Waals surface area (Å²) in [6.07, 6.45) is 1.70. The molecule has 0 fully saturated rings. The van der Waals surface area contributed by atoms with Crippen LogP contribution < -0.4 is 5.32 Å². The molecule has 3 heterocycles. The van der Waals surface area contributed by atoms with Gasteiger partial charge in [0.25, 0.3) is 5.91 Å². The standard InChI is InChI=1S/C13H10N4O2S/c1-8-6-10(17-19-8)12(18)16-13-15-11(7-20-13)9-4-2-3-5-14-9/h2-7H,1H3,(H,15,16,18). The molecule has 100 valence electrons. The fraction of sp³-hybridized carbons (Fsp3) is 0.0769. The van der Waals surface area contributed by atoms with E-state index in [0.29, 0.717) is 10.9 Å². The molecule has 7 heteroatoms. The van der Waals surface area contributed by atoms with Crippen LogP contribution in [0, 0.1) is 6.92 Å². The van der Waals surface area contributed by atoms with E-state index in [9.17, 15) is 4.79 Å². The molecule has 1 N–H and O–H groups in total. The lowest BCUT2D eigenvalue weighted by Crippen LogP contribution is -2.11. The van der Waals surface area contributed by atoms with Gasteiger partial charge in [0.1, 0.15) is 11.5 Å². The van der Waals surface area contributed by atoms with Crippen molar-refractivity contribution in [1.82, 2.24) is 15.1 Å². The van der Waals surface area contributed by atoms with Crippen LogP contribution >= 0.6 is 11.3 Å². The molecule has 0 atom stereocenters. The summed E-state index contributed by atoms with van der Waals surface area (Å²) in [5.41, 5.74) is 1.72. The Labute approximate surface area is 118 Å². The zero-order valence-electron chi connectivity index (χ0n) is 10.5. The van der Waals surface area contributed by atoms with Gasteiger partial charge in [0.2, 0.25) is 0 Å². The monoisotopic (exact) mass is 286 g/mol. The van der Waals surface area contributed by atoms with Crippen molar-refractivity contribution in [3.8, 4) is 11.4 Å². The van der Waals surface area contributed by atoms with E-state index in [1.807, 2.05) is 23.6 Å². The molecule has 0 bridgehead atoms. The number of aryl methyl sites for hydroxylation is 1. The first-order chi connectivity index (χ1) is 9.72. The summed E-state index contributed by atoms with van der Waals surface area (Å²) in [7, 11) is 0. The van der Waals surface area contributed by atoms with Gasteiger partial charge in [-0.05, 0) is 19.1 Å². The van der Waals surface area contributed by atoms with Crippen molar-refractivity contribution in [3.05, 3.63) is 47.3 Å². The number of aromatic nitrogens is 3. The van der Waals surface area contributed by atoms with Gasteiger partial charge < -0.3 is 4.52 Å². The third kappa shape index (κ3) is 2.57. The minimum Gasteiger partial charge on any atom is -0.361 e. The van der Waals surface area contributed by atoms with Gasteiger partial charge in [-0.2, -0.15) is 0 Å². The minimum absolute atomic E-state index is 0.233. The smallest absolute Gasteiger partial charge is 0.279 e. The van der Waals surface area contributed by atoms with Crippen molar-refractivity contribution in [2.24, 2.45) is 0 Å². The van der Waals surface area contributed by atoms with Crippen LogP contribution in [0.25, 0.3) is 11.4 Å². The number of amides is 1. The van der Waals surface area contributed by atoms with Crippen LogP contribution in [-0.4, -0.2) is 21.0 Å². The number of rotatable bonds is 3. The highest BCUT2D eigenvalue weighted by Gasteiger charge is 2.13. The van der Waals surface area contributed by atoms with Crippen LogP contribution in [0.1, 0.15) is 16.2 Å². The van der Waals surface area contributed by atoms with Crippen LogP contribution in [0.5, 0.6) is 0 Å². The predicted molar refractivity (Wildman–Crippen MR) is 74.5 cm³/mol. The van der Waals surface area contributed by atoms with E-state index < -0.39 is 0 Å². The topological polar surface area (TPSA) is 80.9 Å². The summed E-state index contributed by atoms with van der Waals surface area (Å²) < 4.78 is 4.86. The highest BCUT2D eigenvalue weighted by Crippen LogP contribution is 2.23. The Hall–Kier alpha value is -2.54. The highest BCUT2D eigenvalue weighted by atomic mass is 32.1. The van der Waals surface area contributed by atoms with Gasteiger partial charge in [0.05, 0.1) is 5.69 Å². The molecule has 0 aliphatic heterocycles. The van der Waals surface area contributed by atoms with Crippen molar-refractivity contribution >= 4 is 22.4 Å². The zero-order valence-corrected chi connectivity index (χ0v) is 11.3. The van der Waals surface area contributed by atoms with Gasteiger partial charge in [-0.1, -0.05) is 11.2 Å². The number of nitrogens with zero attached hydrogens (tertiary/aromatic N) is 3. The average molecular weight is 286 g/mol. The van der Waals surface area contributed by atoms with Crippen molar-refractivity contribution in [2.45, 2.75) is 6.92 Å². The SMILES string of the molecule is Cc1cc(C(=O)Nc2nc(-c3ccccn3)cs2)no1. The molecule has 0 aliphatic carbocycles. The Morgan fingerprint density at radius 3 is 2.95 bits per heavy atom. The molecule has 3 aromatic heterocycles. The highest BCUT2D eigenvalue weighted by molar-refractivity contribution is 7.14. The van der Waals surface area contributed by atoms with Crippen LogP contribution in [0.4, 0.5) is 5.13 Å². The second kappa shape index (κ2) is 5.22. The molecule has 0 aromatic carbocycles. The summed E-state index contributed by atoms with van der Waals surface area (Å²) in [6, 6.07) is 7.16. The second-order valence-corrected chi connectivity index (χ2v) is 4.89. The molecular weight excluding hydrogens is 276 g/mol. The molecule has 3 aromatic rings. The van der Waals surface area contributed by atoms with E-state index in [-0.39, 0.29) is 11.6 Å². The van der Waals surface area contributed by atoms with Gasteiger partial charge in [-0.15, -0.1) is 11.3 Å². The quantitative estimate of drug-likeness (QED) is 0.800. The summed E-state index contributed by atoms with van der Waals surface area (Å²) in [6.45, 7) is 1.73. The maximum absolute atomic E-state index is 11.9. The third-order valence-electron chi connectivity index (χ3n) is 2.51. The summed E-state index contributed by atoms with van der Waals surface area (Å²) in [4.78, 5) is 20.4. The van der Waals surface area contributed by atoms with E-state index in [0.717, 1.165) is 11.4 Å². The number of carbonyl (C=O) groups excluding carboxylic acids is 1. The van der Waals surface area contributed by atoms with Crippen molar-refractivity contribution in [1.29, 1.82) is 0 Å².